The molecule has 128 valence electrons. The van der Waals surface area contributed by atoms with Crippen LogP contribution in [0.5, 0.6) is 0 Å². The van der Waals surface area contributed by atoms with Crippen molar-refractivity contribution in [2.45, 2.75) is 45.4 Å². The van der Waals surface area contributed by atoms with Crippen molar-refractivity contribution in [3.63, 3.8) is 0 Å². The number of benzene rings is 1. The number of hydrogen-bond acceptors (Lipinski definition) is 4. The van der Waals surface area contributed by atoms with Gasteiger partial charge in [-0.15, -0.1) is 0 Å². The molecule has 1 heterocycles. The first-order chi connectivity index (χ1) is 11.6. The molecule has 0 saturated carbocycles. The number of nitrogens with one attached hydrogen (secondary N) is 1. The van der Waals surface area contributed by atoms with Gasteiger partial charge in [-0.1, -0.05) is 42.8 Å². The van der Waals surface area contributed by atoms with Crippen LogP contribution in [0.4, 0.5) is 0 Å². The molecule has 2 aromatic rings. The van der Waals surface area contributed by atoms with Gasteiger partial charge in [0.2, 0.25) is 0 Å². The van der Waals surface area contributed by atoms with E-state index in [0.717, 1.165) is 48.3 Å². The Bertz CT molecular complexity index is 687. The highest BCUT2D eigenvalue weighted by Gasteiger charge is 2.09. The van der Waals surface area contributed by atoms with Crippen LogP contribution >= 0.6 is 11.8 Å². The van der Waals surface area contributed by atoms with E-state index in [1.54, 1.807) is 0 Å². The van der Waals surface area contributed by atoms with Crippen LogP contribution in [0.1, 0.15) is 55.9 Å². The summed E-state index contributed by atoms with van der Waals surface area (Å²) in [6.45, 7) is 1.47. The maximum absolute atomic E-state index is 12.2. The fourth-order valence-electron chi connectivity index (χ4n) is 2.57. The van der Waals surface area contributed by atoms with E-state index < -0.39 is 0 Å². The summed E-state index contributed by atoms with van der Waals surface area (Å²) in [5, 5.41) is 1.04. The summed E-state index contributed by atoms with van der Waals surface area (Å²) in [5.41, 5.74) is 1.66. The lowest BCUT2D eigenvalue weighted by molar-refractivity contribution is -0.117. The van der Waals surface area contributed by atoms with Crippen molar-refractivity contribution >= 4 is 39.3 Å². The maximum atomic E-state index is 12.2. The summed E-state index contributed by atoms with van der Waals surface area (Å²) in [4.78, 5) is 37.7. The molecule has 0 unspecified atom stereocenters. The molecule has 4 nitrogen and oxygen atoms in total. The summed E-state index contributed by atoms with van der Waals surface area (Å²) in [7, 11) is 0. The smallest absolute Gasteiger partial charge is 0.186 e. The van der Waals surface area contributed by atoms with Crippen LogP contribution < -0.4 is 0 Å². The van der Waals surface area contributed by atoms with Gasteiger partial charge in [-0.2, -0.15) is 0 Å². The van der Waals surface area contributed by atoms with Crippen LogP contribution in [-0.4, -0.2) is 27.4 Å². The van der Waals surface area contributed by atoms with E-state index >= 15 is 0 Å². The number of H-pyrrole nitrogens is 1. The molecular weight excluding hydrogens is 322 g/mol. The Labute approximate surface area is 146 Å². The summed E-state index contributed by atoms with van der Waals surface area (Å²) < 4.78 is 0. The molecule has 1 aromatic carbocycles. The van der Waals surface area contributed by atoms with E-state index in [9.17, 15) is 14.4 Å². The first kappa shape index (κ1) is 18.5. The number of carbonyl (C=O) groups excluding carboxylic acids is 3. The fourth-order valence-corrected chi connectivity index (χ4v) is 3.08. The normalized spacial score (nSPS) is 10.9. The lowest BCUT2D eigenvalue weighted by Gasteiger charge is -2.01. The summed E-state index contributed by atoms with van der Waals surface area (Å²) in [6.07, 6.45) is 4.61. The van der Waals surface area contributed by atoms with Crippen LogP contribution in [0.25, 0.3) is 10.9 Å². The predicted molar refractivity (Wildman–Crippen MR) is 98.5 cm³/mol. The first-order valence-corrected chi connectivity index (χ1v) is 9.31. The van der Waals surface area contributed by atoms with Crippen molar-refractivity contribution in [1.82, 2.24) is 4.98 Å². The predicted octanol–water partition coefficient (Wildman–Crippen LogP) is 4.54. The second-order valence-corrected chi connectivity index (χ2v) is 7.08. The highest BCUT2D eigenvalue weighted by molar-refractivity contribution is 8.14. The van der Waals surface area contributed by atoms with Crippen LogP contribution in [0.15, 0.2) is 30.3 Å². The lowest BCUT2D eigenvalue weighted by atomic mass is 10.1. The Morgan fingerprint density at radius 2 is 1.71 bits per heavy atom. The van der Waals surface area contributed by atoms with Crippen molar-refractivity contribution in [1.29, 1.82) is 0 Å². The average Bonchev–Trinajstić information content (AvgIpc) is 3.00. The van der Waals surface area contributed by atoms with Gasteiger partial charge in [0.1, 0.15) is 5.78 Å². The molecule has 0 aliphatic carbocycles. The largest absolute Gasteiger partial charge is 0.352 e. The van der Waals surface area contributed by atoms with Gasteiger partial charge in [0.25, 0.3) is 0 Å². The van der Waals surface area contributed by atoms with Gasteiger partial charge in [0, 0.05) is 30.7 Å². The molecule has 24 heavy (non-hydrogen) atoms. The highest BCUT2D eigenvalue weighted by atomic mass is 32.2. The number of ketones is 2. The molecule has 0 amide bonds. The Hall–Kier alpha value is -1.88. The monoisotopic (exact) mass is 345 g/mol. The number of para-hydroxylation sites is 1. The number of hydrogen-bond donors (Lipinski definition) is 1. The summed E-state index contributed by atoms with van der Waals surface area (Å²) in [6, 6.07) is 9.77. The van der Waals surface area contributed by atoms with Crippen LogP contribution in [0.3, 0.4) is 0 Å². The zero-order chi connectivity index (χ0) is 17.4. The van der Waals surface area contributed by atoms with E-state index in [1.165, 1.54) is 6.92 Å². The fraction of sp³-hybridized carbons (Fsp3) is 0.421. The van der Waals surface area contributed by atoms with Crippen molar-refractivity contribution < 1.29 is 14.4 Å². The highest BCUT2D eigenvalue weighted by Crippen LogP contribution is 2.17. The summed E-state index contributed by atoms with van der Waals surface area (Å²) in [5.74, 6) is 0.554. The van der Waals surface area contributed by atoms with Gasteiger partial charge in [-0.05, 0) is 25.0 Å². The van der Waals surface area contributed by atoms with Crippen LogP contribution in [-0.2, 0) is 9.59 Å². The minimum atomic E-state index is -0.0150. The molecule has 0 bridgehead atoms. The molecule has 0 fully saturated rings. The van der Waals surface area contributed by atoms with E-state index in [0.29, 0.717) is 18.5 Å². The van der Waals surface area contributed by atoms with E-state index in [2.05, 4.69) is 4.98 Å². The van der Waals surface area contributed by atoms with Gasteiger partial charge in [0.05, 0.1) is 11.4 Å². The maximum Gasteiger partial charge on any atom is 0.186 e. The Balaban J connectivity index is 1.61. The average molecular weight is 345 g/mol. The van der Waals surface area contributed by atoms with Gasteiger partial charge in [-0.25, -0.2) is 0 Å². The third kappa shape index (κ3) is 5.96. The molecule has 0 atom stereocenters. The number of fused-ring (bicyclic) bond motifs is 1. The van der Waals surface area contributed by atoms with E-state index in [-0.39, 0.29) is 22.4 Å². The van der Waals surface area contributed by atoms with Crippen molar-refractivity contribution in [3.8, 4) is 0 Å². The number of thioether (sulfide) groups is 1. The first-order valence-electron chi connectivity index (χ1n) is 8.32. The lowest BCUT2D eigenvalue weighted by Crippen LogP contribution is -2.03. The number of aromatic amines is 1. The molecule has 0 spiro atoms. The molecule has 0 saturated heterocycles. The molecule has 2 rings (SSSR count). The standard InChI is InChI=1S/C19H23NO3S/c1-14(21)24-13-16(22)9-4-2-3-5-11-19(23)18-12-15-8-6-7-10-17(15)20-18/h6-8,10,12,20H,2-5,9,11,13H2,1H3. The van der Waals surface area contributed by atoms with Gasteiger partial charge < -0.3 is 4.98 Å². The molecule has 5 heteroatoms. The number of aromatic nitrogens is 1. The number of carbonyl (C=O) groups is 3. The van der Waals surface area contributed by atoms with E-state index in [1.807, 2.05) is 30.3 Å². The second-order valence-electron chi connectivity index (χ2n) is 5.93. The van der Waals surface area contributed by atoms with Crippen LogP contribution in [0.2, 0.25) is 0 Å². The molecule has 1 N–H and O–H groups in total. The SMILES string of the molecule is CC(=O)SCC(=O)CCCCCCC(=O)c1cc2ccccc2[nH]1. The van der Waals surface area contributed by atoms with Gasteiger partial charge >= 0.3 is 0 Å². The van der Waals surface area contributed by atoms with Gasteiger partial charge in [0.15, 0.2) is 10.9 Å². The minimum Gasteiger partial charge on any atom is -0.352 e. The molecule has 0 aliphatic heterocycles. The Morgan fingerprint density at radius 1 is 1.00 bits per heavy atom. The third-order valence-corrected chi connectivity index (χ3v) is 4.75. The van der Waals surface area contributed by atoms with E-state index in [4.69, 9.17) is 0 Å². The minimum absolute atomic E-state index is 0.0150. The number of rotatable bonds is 10. The zero-order valence-electron chi connectivity index (χ0n) is 14.0. The van der Waals surface area contributed by atoms with Gasteiger partial charge in [-0.3, -0.25) is 14.4 Å². The molecule has 0 aliphatic rings. The number of unbranched alkanes of at least 4 members (excludes halogenated alkanes) is 3. The zero-order valence-corrected chi connectivity index (χ0v) is 14.8. The second kappa shape index (κ2) is 9.42. The Morgan fingerprint density at radius 3 is 2.42 bits per heavy atom. The van der Waals surface area contributed by atoms with Crippen molar-refractivity contribution in [3.05, 3.63) is 36.0 Å². The molecule has 1 aromatic heterocycles. The quantitative estimate of drug-likeness (QED) is 0.507. The molecule has 0 radical (unpaired) electrons. The summed E-state index contributed by atoms with van der Waals surface area (Å²) >= 11 is 1.07. The molecular formula is C19H23NO3S. The third-order valence-electron chi connectivity index (χ3n) is 3.88. The van der Waals surface area contributed by atoms with Crippen LogP contribution in [0, 0.1) is 0 Å². The topological polar surface area (TPSA) is 67.0 Å². The number of Topliss-reactive ketones (excluding diaryl/α,β-unsaturated/α-hetero) is 2. The Kier molecular flexibility index (Phi) is 7.25. The van der Waals surface area contributed by atoms with Crippen molar-refractivity contribution in [2.75, 3.05) is 5.75 Å². The van der Waals surface area contributed by atoms with Crippen molar-refractivity contribution in [2.24, 2.45) is 0 Å².